The molecule has 0 saturated heterocycles. The standard InChI is InChI=1S/C19H19FN4O5/c1-2-14-12(10-25)6-7-16(14)23-9-15(20)17(22-19(23)27)21-18(26)11-4-3-5-13(8-11)24(28)29/h3-9,12,14,16,25H,2,10H2,1H3,(H,21,22,26,27). The average Bonchev–Trinajstić information content (AvgIpc) is 3.13. The molecule has 10 heteroatoms. The van der Waals surface area contributed by atoms with E-state index in [1.54, 1.807) is 12.2 Å². The molecule has 0 radical (unpaired) electrons. The topological polar surface area (TPSA) is 127 Å². The van der Waals surface area contributed by atoms with Crippen molar-refractivity contribution in [3.8, 4) is 0 Å². The summed E-state index contributed by atoms with van der Waals surface area (Å²) in [4.78, 5) is 38.5. The number of non-ortho nitro benzene ring substituents is 1. The minimum Gasteiger partial charge on any atom is -0.396 e. The van der Waals surface area contributed by atoms with Gasteiger partial charge in [0.05, 0.1) is 11.0 Å². The third-order valence-corrected chi connectivity index (χ3v) is 5.01. The quantitative estimate of drug-likeness (QED) is 0.434. The number of benzene rings is 1. The number of rotatable bonds is 6. The largest absolute Gasteiger partial charge is 0.396 e. The van der Waals surface area contributed by atoms with Crippen LogP contribution in [0.2, 0.25) is 0 Å². The number of hydrogen-bond acceptors (Lipinski definition) is 6. The maximum absolute atomic E-state index is 14.6. The van der Waals surface area contributed by atoms with Crippen molar-refractivity contribution in [3.63, 3.8) is 0 Å². The van der Waals surface area contributed by atoms with Gasteiger partial charge in [-0.25, -0.2) is 9.18 Å². The number of carbonyl (C=O) groups excluding carboxylic acids is 1. The summed E-state index contributed by atoms with van der Waals surface area (Å²) in [6.07, 6.45) is 5.16. The first-order chi connectivity index (χ1) is 13.8. The molecule has 9 nitrogen and oxygen atoms in total. The van der Waals surface area contributed by atoms with E-state index in [-0.39, 0.29) is 29.7 Å². The second kappa shape index (κ2) is 8.31. The van der Waals surface area contributed by atoms with Gasteiger partial charge in [0, 0.05) is 36.4 Å². The third-order valence-electron chi connectivity index (χ3n) is 5.01. The Morgan fingerprint density at radius 2 is 2.17 bits per heavy atom. The molecule has 0 aliphatic heterocycles. The average molecular weight is 402 g/mol. The fraction of sp³-hybridized carbons (Fsp3) is 0.316. The number of carbonyl (C=O) groups is 1. The first kappa shape index (κ1) is 20.3. The first-order valence-corrected chi connectivity index (χ1v) is 8.99. The molecule has 3 atom stereocenters. The molecule has 3 unspecified atom stereocenters. The summed E-state index contributed by atoms with van der Waals surface area (Å²) in [5.41, 5.74) is -1.12. The zero-order valence-electron chi connectivity index (χ0n) is 15.5. The van der Waals surface area contributed by atoms with E-state index in [0.29, 0.717) is 6.42 Å². The number of hydrogen-bond donors (Lipinski definition) is 2. The number of aliphatic hydroxyl groups excluding tert-OH is 1. The van der Waals surface area contributed by atoms with Gasteiger partial charge in [0.15, 0.2) is 11.6 Å². The molecule has 0 fully saturated rings. The molecule has 3 rings (SSSR count). The number of amides is 1. The molecule has 1 aliphatic carbocycles. The smallest absolute Gasteiger partial charge is 0.350 e. The normalized spacial score (nSPS) is 20.6. The molecular formula is C19H19FN4O5. The van der Waals surface area contributed by atoms with E-state index in [0.717, 1.165) is 16.8 Å². The van der Waals surface area contributed by atoms with Gasteiger partial charge in [0.2, 0.25) is 0 Å². The van der Waals surface area contributed by atoms with Crippen LogP contribution in [0.3, 0.4) is 0 Å². The van der Waals surface area contributed by atoms with Crippen LogP contribution in [-0.2, 0) is 0 Å². The molecule has 1 amide bonds. The van der Waals surface area contributed by atoms with Crippen LogP contribution in [-0.4, -0.2) is 32.1 Å². The molecule has 1 aromatic carbocycles. The lowest BCUT2D eigenvalue weighted by Crippen LogP contribution is -2.32. The van der Waals surface area contributed by atoms with Gasteiger partial charge in [-0.3, -0.25) is 19.5 Å². The van der Waals surface area contributed by atoms with E-state index in [2.05, 4.69) is 10.3 Å². The summed E-state index contributed by atoms with van der Waals surface area (Å²) in [6.45, 7) is 1.84. The molecule has 0 bridgehead atoms. The first-order valence-electron chi connectivity index (χ1n) is 8.99. The van der Waals surface area contributed by atoms with Gasteiger partial charge < -0.3 is 10.4 Å². The van der Waals surface area contributed by atoms with E-state index in [9.17, 15) is 29.2 Å². The summed E-state index contributed by atoms with van der Waals surface area (Å²) in [5.74, 6) is -2.52. The van der Waals surface area contributed by atoms with E-state index in [4.69, 9.17) is 0 Å². The van der Waals surface area contributed by atoms with Crippen molar-refractivity contribution < 1.29 is 19.2 Å². The predicted molar refractivity (Wildman–Crippen MR) is 102 cm³/mol. The van der Waals surface area contributed by atoms with Gasteiger partial charge in [-0.1, -0.05) is 31.6 Å². The minimum absolute atomic E-state index is 0.0693. The number of allylic oxidation sites excluding steroid dienone is 1. The highest BCUT2D eigenvalue weighted by Gasteiger charge is 2.32. The number of aliphatic hydroxyl groups is 1. The van der Waals surface area contributed by atoms with Crippen LogP contribution in [0, 0.1) is 27.8 Å². The Morgan fingerprint density at radius 3 is 2.83 bits per heavy atom. The van der Waals surface area contributed by atoms with Crippen LogP contribution >= 0.6 is 0 Å². The highest BCUT2D eigenvalue weighted by Crippen LogP contribution is 2.36. The molecule has 1 aliphatic rings. The number of nitro groups is 1. The third kappa shape index (κ3) is 4.06. The van der Waals surface area contributed by atoms with Crippen LogP contribution < -0.4 is 11.0 Å². The molecule has 29 heavy (non-hydrogen) atoms. The van der Waals surface area contributed by atoms with Crippen molar-refractivity contribution in [1.29, 1.82) is 0 Å². The summed E-state index contributed by atoms with van der Waals surface area (Å²) in [6, 6.07) is 4.46. The van der Waals surface area contributed by atoms with Gasteiger partial charge in [-0.2, -0.15) is 4.98 Å². The Morgan fingerprint density at radius 1 is 1.41 bits per heavy atom. The van der Waals surface area contributed by atoms with Crippen molar-refractivity contribution >= 4 is 17.4 Å². The fourth-order valence-corrected chi connectivity index (χ4v) is 3.52. The Labute approximate surface area is 164 Å². The lowest BCUT2D eigenvalue weighted by atomic mass is 9.90. The van der Waals surface area contributed by atoms with Crippen LogP contribution in [0.4, 0.5) is 15.9 Å². The molecule has 1 heterocycles. The molecule has 1 aromatic heterocycles. The van der Waals surface area contributed by atoms with Crippen molar-refractivity contribution in [2.24, 2.45) is 11.8 Å². The van der Waals surface area contributed by atoms with E-state index in [1.165, 1.54) is 18.2 Å². The molecule has 0 spiro atoms. The summed E-state index contributed by atoms with van der Waals surface area (Å²) in [7, 11) is 0. The Hall–Kier alpha value is -3.40. The lowest BCUT2D eigenvalue weighted by Gasteiger charge is -2.24. The number of anilines is 1. The SMILES string of the molecule is CCC1C(CO)C=CC1n1cc(F)c(NC(=O)c2cccc([N+](=O)[O-])c2)nc1=O. The van der Waals surface area contributed by atoms with Crippen molar-refractivity contribution in [2.75, 3.05) is 11.9 Å². The minimum atomic E-state index is -0.918. The Kier molecular flexibility index (Phi) is 5.83. The molecular weight excluding hydrogens is 383 g/mol. The van der Waals surface area contributed by atoms with E-state index in [1.807, 2.05) is 6.92 Å². The maximum atomic E-state index is 14.6. The number of halogens is 1. The van der Waals surface area contributed by atoms with Gasteiger partial charge >= 0.3 is 5.69 Å². The van der Waals surface area contributed by atoms with Gasteiger partial charge in [0.25, 0.3) is 11.6 Å². The summed E-state index contributed by atoms with van der Waals surface area (Å²) < 4.78 is 15.7. The van der Waals surface area contributed by atoms with E-state index < -0.39 is 34.2 Å². The second-order valence-corrected chi connectivity index (χ2v) is 6.68. The van der Waals surface area contributed by atoms with Crippen molar-refractivity contribution in [1.82, 2.24) is 9.55 Å². The molecule has 2 aromatic rings. The van der Waals surface area contributed by atoms with Gasteiger partial charge in [-0.15, -0.1) is 0 Å². The lowest BCUT2D eigenvalue weighted by molar-refractivity contribution is -0.384. The van der Waals surface area contributed by atoms with E-state index >= 15 is 0 Å². The number of aromatic nitrogens is 2. The van der Waals surface area contributed by atoms with Gasteiger partial charge in [0.1, 0.15) is 0 Å². The van der Waals surface area contributed by atoms with Crippen molar-refractivity contribution in [3.05, 3.63) is 74.6 Å². The van der Waals surface area contributed by atoms with Crippen LogP contribution in [0.5, 0.6) is 0 Å². The van der Waals surface area contributed by atoms with Crippen LogP contribution in [0.25, 0.3) is 0 Å². The number of nitrogens with one attached hydrogen (secondary N) is 1. The highest BCUT2D eigenvalue weighted by molar-refractivity contribution is 6.04. The summed E-state index contributed by atoms with van der Waals surface area (Å²) in [5, 5.41) is 22.4. The Bertz CT molecular complexity index is 1040. The monoisotopic (exact) mass is 402 g/mol. The molecule has 152 valence electrons. The maximum Gasteiger partial charge on any atom is 0.350 e. The van der Waals surface area contributed by atoms with Crippen LogP contribution in [0.15, 0.2) is 47.4 Å². The zero-order valence-corrected chi connectivity index (χ0v) is 15.5. The number of nitro benzene ring substituents is 1. The predicted octanol–water partition coefficient (Wildman–Crippen LogP) is 2.29. The van der Waals surface area contributed by atoms with Gasteiger partial charge in [-0.05, 0) is 12.0 Å². The summed E-state index contributed by atoms with van der Waals surface area (Å²) >= 11 is 0. The highest BCUT2D eigenvalue weighted by atomic mass is 19.1. The fourth-order valence-electron chi connectivity index (χ4n) is 3.52. The van der Waals surface area contributed by atoms with Crippen LogP contribution in [0.1, 0.15) is 29.7 Å². The second-order valence-electron chi connectivity index (χ2n) is 6.68. The Balaban J connectivity index is 1.86. The number of nitrogens with zero attached hydrogens (tertiary/aromatic N) is 3. The zero-order chi connectivity index (χ0) is 21.1. The molecule has 2 N–H and O–H groups in total. The van der Waals surface area contributed by atoms with Crippen molar-refractivity contribution in [2.45, 2.75) is 19.4 Å². The molecule has 0 saturated carbocycles.